The number of carbonyl (C=O) groups excluding carboxylic acids is 1. The molecule has 1 saturated carbocycles. The van der Waals surface area contributed by atoms with Crippen LogP contribution in [0.4, 0.5) is 0 Å². The second-order valence-electron chi connectivity index (χ2n) is 3.92. The molecule has 0 aromatic rings. The first kappa shape index (κ1) is 9.52. The van der Waals surface area contributed by atoms with Crippen LogP contribution in [0.3, 0.4) is 0 Å². The lowest BCUT2D eigenvalue weighted by Crippen LogP contribution is -2.30. The van der Waals surface area contributed by atoms with Gasteiger partial charge < -0.3 is 10.4 Å². The van der Waals surface area contributed by atoms with Gasteiger partial charge in [0.1, 0.15) is 0 Å². The number of nitrogens with one attached hydrogen (secondary N) is 1. The molecule has 1 rings (SSSR count). The lowest BCUT2D eigenvalue weighted by atomic mass is 10.2. The molecule has 0 aromatic heterocycles. The Morgan fingerprint density at radius 2 is 2.17 bits per heavy atom. The molecule has 0 spiro atoms. The van der Waals surface area contributed by atoms with E-state index < -0.39 is 5.60 Å². The van der Waals surface area contributed by atoms with Crippen LogP contribution in [-0.4, -0.2) is 23.2 Å². The molecule has 0 radical (unpaired) electrons. The van der Waals surface area contributed by atoms with Crippen LogP contribution in [0.15, 0.2) is 0 Å². The molecule has 3 heteroatoms. The Kier molecular flexibility index (Phi) is 2.73. The third kappa shape index (κ3) is 2.81. The second-order valence-corrected chi connectivity index (χ2v) is 3.92. The Hall–Kier alpha value is -0.570. The first-order valence-corrected chi connectivity index (χ1v) is 4.54. The molecule has 2 N–H and O–H groups in total. The van der Waals surface area contributed by atoms with E-state index in [1.165, 1.54) is 0 Å². The zero-order chi connectivity index (χ0) is 9.19. The van der Waals surface area contributed by atoms with Crippen molar-refractivity contribution in [1.29, 1.82) is 0 Å². The SMILES string of the molecule is CC(C)C(=O)NCCC1(O)CC1. The molecule has 70 valence electrons. The lowest BCUT2D eigenvalue weighted by molar-refractivity contribution is -0.124. The summed E-state index contributed by atoms with van der Waals surface area (Å²) in [6.07, 6.45) is 2.49. The minimum atomic E-state index is -0.440. The van der Waals surface area contributed by atoms with Gasteiger partial charge in [-0.3, -0.25) is 4.79 Å². The van der Waals surface area contributed by atoms with Crippen molar-refractivity contribution in [2.45, 2.75) is 38.7 Å². The Morgan fingerprint density at radius 3 is 2.58 bits per heavy atom. The maximum Gasteiger partial charge on any atom is 0.222 e. The highest BCUT2D eigenvalue weighted by atomic mass is 16.3. The van der Waals surface area contributed by atoms with Crippen LogP contribution < -0.4 is 5.32 Å². The molecular weight excluding hydrogens is 154 g/mol. The van der Waals surface area contributed by atoms with E-state index in [1.807, 2.05) is 13.8 Å². The topological polar surface area (TPSA) is 49.3 Å². The number of rotatable bonds is 4. The van der Waals surface area contributed by atoms with Crippen LogP contribution >= 0.6 is 0 Å². The van der Waals surface area contributed by atoms with E-state index in [-0.39, 0.29) is 11.8 Å². The van der Waals surface area contributed by atoms with Crippen LogP contribution in [-0.2, 0) is 4.79 Å². The van der Waals surface area contributed by atoms with E-state index in [9.17, 15) is 9.90 Å². The minimum absolute atomic E-state index is 0.0406. The summed E-state index contributed by atoms with van der Waals surface area (Å²) >= 11 is 0. The normalized spacial score (nSPS) is 19.3. The molecule has 12 heavy (non-hydrogen) atoms. The highest BCUT2D eigenvalue weighted by Crippen LogP contribution is 2.37. The van der Waals surface area contributed by atoms with Crippen molar-refractivity contribution in [2.24, 2.45) is 5.92 Å². The molecule has 0 bridgehead atoms. The standard InChI is InChI=1S/C9H17NO2/c1-7(2)8(11)10-6-5-9(12)3-4-9/h7,12H,3-6H2,1-2H3,(H,10,11). The molecule has 1 aliphatic carbocycles. The number of carbonyl (C=O) groups is 1. The summed E-state index contributed by atoms with van der Waals surface area (Å²) in [4.78, 5) is 11.1. The van der Waals surface area contributed by atoms with E-state index in [2.05, 4.69) is 5.32 Å². The van der Waals surface area contributed by atoms with Gasteiger partial charge in [-0.1, -0.05) is 13.8 Å². The van der Waals surface area contributed by atoms with E-state index >= 15 is 0 Å². The van der Waals surface area contributed by atoms with E-state index in [4.69, 9.17) is 0 Å². The average molecular weight is 171 g/mol. The van der Waals surface area contributed by atoms with Gasteiger partial charge in [0, 0.05) is 12.5 Å². The summed E-state index contributed by atoms with van der Waals surface area (Å²) in [7, 11) is 0. The lowest BCUT2D eigenvalue weighted by Gasteiger charge is -2.09. The van der Waals surface area contributed by atoms with Gasteiger partial charge >= 0.3 is 0 Å². The van der Waals surface area contributed by atoms with Crippen LogP contribution in [0, 0.1) is 5.92 Å². The van der Waals surface area contributed by atoms with Gasteiger partial charge in [0.2, 0.25) is 5.91 Å². The molecule has 3 nitrogen and oxygen atoms in total. The van der Waals surface area contributed by atoms with Gasteiger partial charge in [0.25, 0.3) is 0 Å². The fourth-order valence-corrected chi connectivity index (χ4v) is 1.02. The Morgan fingerprint density at radius 1 is 1.58 bits per heavy atom. The molecule has 1 amide bonds. The first-order valence-electron chi connectivity index (χ1n) is 4.54. The van der Waals surface area contributed by atoms with Gasteiger partial charge in [-0.2, -0.15) is 0 Å². The van der Waals surface area contributed by atoms with Crippen LogP contribution in [0.1, 0.15) is 33.1 Å². The maximum atomic E-state index is 11.1. The predicted octanol–water partition coefficient (Wildman–Crippen LogP) is 0.674. The Labute approximate surface area is 73.2 Å². The van der Waals surface area contributed by atoms with E-state index in [0.717, 1.165) is 12.8 Å². The number of hydrogen-bond acceptors (Lipinski definition) is 2. The number of hydrogen-bond donors (Lipinski definition) is 2. The van der Waals surface area contributed by atoms with Gasteiger partial charge in [0.15, 0.2) is 0 Å². The average Bonchev–Trinajstić information content (AvgIpc) is 2.68. The van der Waals surface area contributed by atoms with Gasteiger partial charge in [-0.25, -0.2) is 0 Å². The maximum absolute atomic E-state index is 11.1. The molecular formula is C9H17NO2. The molecule has 0 unspecified atom stereocenters. The van der Waals surface area contributed by atoms with Crippen molar-refractivity contribution in [3.8, 4) is 0 Å². The number of aliphatic hydroxyl groups is 1. The van der Waals surface area contributed by atoms with E-state index in [1.54, 1.807) is 0 Å². The summed E-state index contributed by atoms with van der Waals surface area (Å²) in [5.41, 5.74) is -0.440. The largest absolute Gasteiger partial charge is 0.390 e. The van der Waals surface area contributed by atoms with Crippen molar-refractivity contribution in [2.75, 3.05) is 6.54 Å². The van der Waals surface area contributed by atoms with Gasteiger partial charge in [-0.15, -0.1) is 0 Å². The first-order chi connectivity index (χ1) is 5.53. The molecule has 0 heterocycles. The smallest absolute Gasteiger partial charge is 0.222 e. The third-order valence-electron chi connectivity index (χ3n) is 2.24. The minimum Gasteiger partial charge on any atom is -0.390 e. The van der Waals surface area contributed by atoms with Crippen molar-refractivity contribution < 1.29 is 9.90 Å². The predicted molar refractivity (Wildman–Crippen MR) is 46.6 cm³/mol. The summed E-state index contributed by atoms with van der Waals surface area (Å²) < 4.78 is 0. The molecule has 1 fully saturated rings. The fourth-order valence-electron chi connectivity index (χ4n) is 1.02. The number of amides is 1. The van der Waals surface area contributed by atoms with Crippen LogP contribution in [0.5, 0.6) is 0 Å². The Balaban J connectivity index is 2.06. The third-order valence-corrected chi connectivity index (χ3v) is 2.24. The fraction of sp³-hybridized carbons (Fsp3) is 0.889. The van der Waals surface area contributed by atoms with Crippen molar-refractivity contribution in [3.63, 3.8) is 0 Å². The zero-order valence-corrected chi connectivity index (χ0v) is 7.76. The van der Waals surface area contributed by atoms with Gasteiger partial charge in [0.05, 0.1) is 5.60 Å². The highest BCUT2D eigenvalue weighted by Gasteiger charge is 2.39. The molecule has 0 saturated heterocycles. The summed E-state index contributed by atoms with van der Waals surface area (Å²) in [5.74, 6) is 0.109. The summed E-state index contributed by atoms with van der Waals surface area (Å²) in [5, 5.41) is 12.2. The molecule has 0 aliphatic heterocycles. The summed E-state index contributed by atoms with van der Waals surface area (Å²) in [6.45, 7) is 4.33. The van der Waals surface area contributed by atoms with E-state index in [0.29, 0.717) is 13.0 Å². The summed E-state index contributed by atoms with van der Waals surface area (Å²) in [6, 6.07) is 0. The molecule has 0 atom stereocenters. The van der Waals surface area contributed by atoms with Crippen molar-refractivity contribution >= 4 is 5.91 Å². The van der Waals surface area contributed by atoms with Crippen LogP contribution in [0.2, 0.25) is 0 Å². The molecule has 1 aliphatic rings. The molecule has 0 aromatic carbocycles. The quantitative estimate of drug-likeness (QED) is 0.653. The van der Waals surface area contributed by atoms with Crippen molar-refractivity contribution in [1.82, 2.24) is 5.32 Å². The highest BCUT2D eigenvalue weighted by molar-refractivity contribution is 5.77. The van der Waals surface area contributed by atoms with Crippen LogP contribution in [0.25, 0.3) is 0 Å². The van der Waals surface area contributed by atoms with Gasteiger partial charge in [-0.05, 0) is 19.3 Å². The van der Waals surface area contributed by atoms with Crippen molar-refractivity contribution in [3.05, 3.63) is 0 Å². The monoisotopic (exact) mass is 171 g/mol. The zero-order valence-electron chi connectivity index (χ0n) is 7.76. The second kappa shape index (κ2) is 3.44. The Bertz CT molecular complexity index is 173.